The molecule has 0 bridgehead atoms. The molecule has 0 fully saturated rings. The smallest absolute Gasteiger partial charge is 0.224 e. The number of thiazole rings is 1. The Kier molecular flexibility index (Phi) is 5.46. The van der Waals surface area contributed by atoms with Gasteiger partial charge in [-0.15, -0.1) is 11.3 Å². The SMILES string of the molecule is COc1ccc(NC(=O)CCc2csc(-c3ccccc3C)n2)cc1. The molecule has 4 nitrogen and oxygen atoms in total. The lowest BCUT2D eigenvalue weighted by atomic mass is 10.1. The van der Waals surface area contributed by atoms with Crippen LogP contribution < -0.4 is 10.1 Å². The molecular formula is C20H20N2O2S. The highest BCUT2D eigenvalue weighted by Gasteiger charge is 2.09. The molecule has 2 aromatic carbocycles. The van der Waals surface area contributed by atoms with Gasteiger partial charge in [-0.25, -0.2) is 4.98 Å². The zero-order valence-corrected chi connectivity index (χ0v) is 15.1. The van der Waals surface area contributed by atoms with Crippen LogP contribution in [-0.2, 0) is 11.2 Å². The first-order valence-electron chi connectivity index (χ1n) is 8.10. The Morgan fingerprint density at radius 3 is 2.64 bits per heavy atom. The fourth-order valence-corrected chi connectivity index (χ4v) is 3.44. The molecule has 1 amide bonds. The number of nitrogens with one attached hydrogen (secondary N) is 1. The van der Waals surface area contributed by atoms with Crippen molar-refractivity contribution in [3.8, 4) is 16.3 Å². The third kappa shape index (κ3) is 4.45. The number of hydrogen-bond acceptors (Lipinski definition) is 4. The van der Waals surface area contributed by atoms with Gasteiger partial charge >= 0.3 is 0 Å². The summed E-state index contributed by atoms with van der Waals surface area (Å²) in [5.41, 5.74) is 4.08. The van der Waals surface area contributed by atoms with E-state index in [2.05, 4.69) is 29.4 Å². The van der Waals surface area contributed by atoms with E-state index in [1.165, 1.54) is 5.56 Å². The highest BCUT2D eigenvalue weighted by Crippen LogP contribution is 2.27. The summed E-state index contributed by atoms with van der Waals surface area (Å²) in [5, 5.41) is 5.93. The number of hydrogen-bond donors (Lipinski definition) is 1. The van der Waals surface area contributed by atoms with Crippen molar-refractivity contribution in [3.05, 3.63) is 65.2 Å². The number of methoxy groups -OCH3 is 1. The van der Waals surface area contributed by atoms with Crippen LogP contribution in [0.1, 0.15) is 17.7 Å². The molecule has 0 aliphatic rings. The molecule has 0 saturated heterocycles. The van der Waals surface area contributed by atoms with Gasteiger partial charge in [0.05, 0.1) is 12.8 Å². The van der Waals surface area contributed by atoms with Crippen molar-refractivity contribution >= 4 is 22.9 Å². The van der Waals surface area contributed by atoms with E-state index in [4.69, 9.17) is 4.74 Å². The van der Waals surface area contributed by atoms with Gasteiger partial charge in [0.2, 0.25) is 5.91 Å². The van der Waals surface area contributed by atoms with E-state index < -0.39 is 0 Å². The summed E-state index contributed by atoms with van der Waals surface area (Å²) in [4.78, 5) is 16.8. The monoisotopic (exact) mass is 352 g/mol. The normalized spacial score (nSPS) is 10.5. The minimum absolute atomic E-state index is 0.0180. The Labute approximate surface area is 151 Å². The number of aromatic nitrogens is 1. The van der Waals surface area contributed by atoms with E-state index >= 15 is 0 Å². The highest BCUT2D eigenvalue weighted by atomic mass is 32.1. The van der Waals surface area contributed by atoms with Crippen LogP contribution in [-0.4, -0.2) is 18.0 Å². The Balaban J connectivity index is 1.56. The maximum atomic E-state index is 12.1. The van der Waals surface area contributed by atoms with Crippen molar-refractivity contribution in [3.63, 3.8) is 0 Å². The summed E-state index contributed by atoms with van der Waals surface area (Å²) in [6.07, 6.45) is 1.04. The highest BCUT2D eigenvalue weighted by molar-refractivity contribution is 7.13. The van der Waals surface area contributed by atoms with Gasteiger partial charge in [-0.2, -0.15) is 0 Å². The maximum Gasteiger partial charge on any atom is 0.224 e. The number of carbonyl (C=O) groups excluding carboxylic acids is 1. The molecule has 1 N–H and O–H groups in total. The minimum Gasteiger partial charge on any atom is -0.497 e. The van der Waals surface area contributed by atoms with Crippen LogP contribution in [0.2, 0.25) is 0 Å². The average molecular weight is 352 g/mol. The Bertz CT molecular complexity index is 856. The molecule has 0 radical (unpaired) electrons. The van der Waals surface area contributed by atoms with Crippen molar-refractivity contribution < 1.29 is 9.53 Å². The standard InChI is InChI=1S/C20H20N2O2S/c1-14-5-3-4-6-18(14)20-22-16(13-25-20)9-12-19(23)21-15-7-10-17(24-2)11-8-15/h3-8,10-11,13H,9,12H2,1-2H3,(H,21,23). The number of aryl methyl sites for hydroxylation is 2. The van der Waals surface area contributed by atoms with E-state index in [1.54, 1.807) is 18.4 Å². The quantitative estimate of drug-likeness (QED) is 0.700. The molecule has 0 unspecified atom stereocenters. The van der Waals surface area contributed by atoms with Gasteiger partial charge in [0.1, 0.15) is 10.8 Å². The van der Waals surface area contributed by atoms with Crippen LogP contribution in [0.5, 0.6) is 5.75 Å². The van der Waals surface area contributed by atoms with Gasteiger partial charge < -0.3 is 10.1 Å². The molecule has 3 rings (SSSR count). The number of ether oxygens (including phenoxy) is 1. The molecule has 5 heteroatoms. The number of benzene rings is 2. The summed E-state index contributed by atoms with van der Waals surface area (Å²) in [5.74, 6) is 0.750. The van der Waals surface area contributed by atoms with Gasteiger partial charge in [-0.3, -0.25) is 4.79 Å². The third-order valence-electron chi connectivity index (χ3n) is 3.91. The molecule has 0 saturated carbocycles. The number of amides is 1. The molecule has 1 aromatic heterocycles. The van der Waals surface area contributed by atoms with Crippen LogP contribution in [0.3, 0.4) is 0 Å². The lowest BCUT2D eigenvalue weighted by Crippen LogP contribution is -2.12. The predicted octanol–water partition coefficient (Wildman–Crippen LogP) is 4.70. The second-order valence-corrected chi connectivity index (χ2v) is 6.59. The lowest BCUT2D eigenvalue weighted by molar-refractivity contribution is -0.116. The summed E-state index contributed by atoms with van der Waals surface area (Å²) < 4.78 is 5.11. The van der Waals surface area contributed by atoms with Gasteiger partial charge in [0.15, 0.2) is 0 Å². The molecule has 0 atom stereocenters. The summed E-state index contributed by atoms with van der Waals surface area (Å²) in [6.45, 7) is 2.08. The van der Waals surface area contributed by atoms with Crippen molar-refractivity contribution in [1.29, 1.82) is 0 Å². The second-order valence-electron chi connectivity index (χ2n) is 5.74. The number of nitrogens with zero attached hydrogens (tertiary/aromatic N) is 1. The van der Waals surface area contributed by atoms with E-state index in [-0.39, 0.29) is 5.91 Å². The van der Waals surface area contributed by atoms with Crippen LogP contribution in [0.4, 0.5) is 5.69 Å². The van der Waals surface area contributed by atoms with Crippen LogP contribution in [0, 0.1) is 6.92 Å². The molecule has 1 heterocycles. The molecule has 25 heavy (non-hydrogen) atoms. The van der Waals surface area contributed by atoms with E-state index in [0.717, 1.165) is 27.7 Å². The molecule has 0 spiro atoms. The zero-order chi connectivity index (χ0) is 17.6. The van der Waals surface area contributed by atoms with Crippen molar-refractivity contribution in [2.24, 2.45) is 0 Å². The maximum absolute atomic E-state index is 12.1. The number of carbonyl (C=O) groups is 1. The van der Waals surface area contributed by atoms with Gasteiger partial charge in [-0.05, 0) is 43.2 Å². The van der Waals surface area contributed by atoms with E-state index in [1.807, 2.05) is 41.8 Å². The lowest BCUT2D eigenvalue weighted by Gasteiger charge is -2.05. The fraction of sp³-hybridized carbons (Fsp3) is 0.200. The van der Waals surface area contributed by atoms with Gasteiger partial charge in [-0.1, -0.05) is 24.3 Å². The van der Waals surface area contributed by atoms with Crippen molar-refractivity contribution in [1.82, 2.24) is 4.98 Å². The van der Waals surface area contributed by atoms with E-state index in [9.17, 15) is 4.79 Å². The Morgan fingerprint density at radius 2 is 1.92 bits per heavy atom. The first-order valence-corrected chi connectivity index (χ1v) is 8.98. The molecule has 0 aliphatic carbocycles. The number of rotatable bonds is 6. The van der Waals surface area contributed by atoms with Crippen molar-refractivity contribution in [2.75, 3.05) is 12.4 Å². The largest absolute Gasteiger partial charge is 0.497 e. The summed E-state index contributed by atoms with van der Waals surface area (Å²) >= 11 is 1.62. The molecule has 0 aliphatic heterocycles. The van der Waals surface area contributed by atoms with Crippen LogP contribution >= 0.6 is 11.3 Å². The minimum atomic E-state index is -0.0180. The van der Waals surface area contributed by atoms with Crippen molar-refractivity contribution in [2.45, 2.75) is 19.8 Å². The molecule has 3 aromatic rings. The summed E-state index contributed by atoms with van der Waals surface area (Å²) in [7, 11) is 1.62. The van der Waals surface area contributed by atoms with Crippen LogP contribution in [0.25, 0.3) is 10.6 Å². The topological polar surface area (TPSA) is 51.2 Å². The number of anilines is 1. The fourth-order valence-electron chi connectivity index (χ4n) is 2.50. The average Bonchev–Trinajstić information content (AvgIpc) is 3.10. The second kappa shape index (κ2) is 7.94. The summed E-state index contributed by atoms with van der Waals surface area (Å²) in [6, 6.07) is 15.5. The Hall–Kier alpha value is -2.66. The zero-order valence-electron chi connectivity index (χ0n) is 14.3. The predicted molar refractivity (Wildman–Crippen MR) is 102 cm³/mol. The Morgan fingerprint density at radius 1 is 1.16 bits per heavy atom. The molecule has 128 valence electrons. The third-order valence-corrected chi connectivity index (χ3v) is 4.83. The van der Waals surface area contributed by atoms with Gasteiger partial charge in [0.25, 0.3) is 0 Å². The molecular weight excluding hydrogens is 332 g/mol. The first-order chi connectivity index (χ1) is 12.2. The van der Waals surface area contributed by atoms with Gasteiger partial charge in [0, 0.05) is 23.1 Å². The van der Waals surface area contributed by atoms with Crippen LogP contribution in [0.15, 0.2) is 53.9 Å². The first kappa shape index (κ1) is 17.2. The van der Waals surface area contributed by atoms with E-state index in [0.29, 0.717) is 12.8 Å².